The molecule has 4 heterocycles. The lowest BCUT2D eigenvalue weighted by molar-refractivity contribution is -0.158. The van der Waals surface area contributed by atoms with Gasteiger partial charge in [0.15, 0.2) is 5.72 Å². The van der Waals surface area contributed by atoms with Crippen molar-refractivity contribution in [2.24, 2.45) is 17.6 Å². The summed E-state index contributed by atoms with van der Waals surface area (Å²) in [5.41, 5.74) is 3.07. The number of likely N-dealkylation sites (N-methyl/N-ethyl adjacent to an activating group) is 1. The number of hydrogen-bond acceptors (Lipinski definition) is 16. The number of esters is 1. The summed E-state index contributed by atoms with van der Waals surface area (Å²) in [4.78, 5) is 123. The Balaban J connectivity index is 1.16. The smallest absolute Gasteiger partial charge is 0.409 e. The molecule has 0 aromatic heterocycles. The van der Waals surface area contributed by atoms with Crippen molar-refractivity contribution in [3.05, 3.63) is 88.3 Å². The number of anilines is 2. The van der Waals surface area contributed by atoms with E-state index >= 15 is 4.39 Å². The number of aliphatic hydroxyl groups excluding tert-OH is 1. The minimum absolute atomic E-state index is 0.0321. The number of ether oxygens (including phenoxy) is 5. The van der Waals surface area contributed by atoms with Crippen molar-refractivity contribution in [2.75, 3.05) is 51.6 Å². The number of unbranched alkanes of at least 4 members (excludes halogenated alkanes) is 2. The molecule has 4 aliphatic rings. The number of benzene rings is 2. The van der Waals surface area contributed by atoms with Crippen LogP contribution in [0.5, 0.6) is 5.75 Å². The van der Waals surface area contributed by atoms with E-state index in [-0.39, 0.29) is 60.3 Å². The second-order valence-electron chi connectivity index (χ2n) is 22.9. The molecule has 2 aromatic carbocycles. The monoisotopic (exact) mass is 1240 g/mol. The van der Waals surface area contributed by atoms with Gasteiger partial charge in [-0.15, -0.1) is 0 Å². The lowest BCUT2D eigenvalue weighted by atomic mass is 9.83. The maximum atomic E-state index is 16.1. The van der Waals surface area contributed by atoms with Crippen LogP contribution in [0.1, 0.15) is 109 Å². The van der Waals surface area contributed by atoms with Crippen LogP contribution in [-0.2, 0) is 54.1 Å². The Kier molecular flexibility index (Phi) is 23.5. The lowest BCUT2D eigenvalue weighted by Crippen LogP contribution is -2.63. The summed E-state index contributed by atoms with van der Waals surface area (Å²) in [5.74, 6) is -6.76. The zero-order valence-corrected chi connectivity index (χ0v) is 51.4. The quantitative estimate of drug-likeness (QED) is 0.0464. The van der Waals surface area contributed by atoms with E-state index in [4.69, 9.17) is 41.0 Å². The molecule has 9 N–H and O–H groups in total. The van der Waals surface area contributed by atoms with E-state index in [0.29, 0.717) is 37.8 Å². The molecule has 9 amide bonds. The first-order chi connectivity index (χ1) is 41.0. The summed E-state index contributed by atoms with van der Waals surface area (Å²) < 4.78 is 45.5. The number of allylic oxidation sites excluding steroid dienone is 3. The van der Waals surface area contributed by atoms with Gasteiger partial charge in [-0.05, 0) is 101 Å². The van der Waals surface area contributed by atoms with Gasteiger partial charge >= 0.3 is 18.1 Å². The maximum absolute atomic E-state index is 16.1. The Bertz CT molecular complexity index is 3020. The normalized spacial score (nSPS) is 25.7. The third kappa shape index (κ3) is 17.3. The average Bonchev–Trinajstić information content (AvgIpc) is 1.81. The second kappa shape index (κ2) is 29.8. The van der Waals surface area contributed by atoms with Gasteiger partial charge in [-0.2, -0.15) is 0 Å². The van der Waals surface area contributed by atoms with E-state index in [2.05, 4.69) is 26.6 Å². The van der Waals surface area contributed by atoms with Crippen LogP contribution < -0.4 is 42.0 Å². The van der Waals surface area contributed by atoms with Gasteiger partial charge in [0, 0.05) is 64.8 Å². The SMILES string of the molecule is COc1cc2cc(c1Cl)N(C)C(=O)C[C@H](OC(=O)[C@H](C)N(C)C(=O)c1ccc(NC(=O)[C@H](CCCNC(N)=O)NC(=O)[C@@H](NC(=O)CCCCCN3C(=O)C=CC3O)C(C)C)cc1F)[C@]1(C)O[C@H]1[C@H](C)[C@@H]1C[C@@](O)(NC(=O)O1)[C@H](OC)/C=C/C=C(\C)C2. The minimum atomic E-state index is -1.94. The van der Waals surface area contributed by atoms with Gasteiger partial charge in [0.2, 0.25) is 29.5 Å². The van der Waals surface area contributed by atoms with Gasteiger partial charge in [-0.25, -0.2) is 18.8 Å². The van der Waals surface area contributed by atoms with E-state index in [0.717, 1.165) is 22.6 Å². The minimum Gasteiger partial charge on any atom is -0.495 e. The number of nitrogens with one attached hydrogen (secondary N) is 5. The summed E-state index contributed by atoms with van der Waals surface area (Å²) in [7, 11) is 5.54. The van der Waals surface area contributed by atoms with E-state index in [1.54, 1.807) is 58.1 Å². The van der Waals surface area contributed by atoms with Crippen molar-refractivity contribution in [1.82, 2.24) is 31.1 Å². The van der Waals surface area contributed by atoms with Gasteiger partial charge < -0.3 is 75.6 Å². The molecule has 476 valence electrons. The Morgan fingerprint density at radius 2 is 1.74 bits per heavy atom. The number of primary amides is 1. The number of carbonyl (C=O) groups is 9. The van der Waals surface area contributed by atoms with Crippen LogP contribution in [0.4, 0.5) is 25.4 Å². The molecule has 1 unspecified atom stereocenters. The number of alkyl carbamates (subject to hydrolysis) is 1. The molecule has 6 rings (SSSR count). The number of epoxide rings is 1. The van der Waals surface area contributed by atoms with Gasteiger partial charge in [0.25, 0.3) is 5.91 Å². The summed E-state index contributed by atoms with van der Waals surface area (Å²) >= 11 is 6.83. The first kappa shape index (κ1) is 68.5. The number of nitrogens with two attached hydrogens (primary N) is 1. The molecule has 2 fully saturated rings. The molecule has 0 aliphatic carbocycles. The first-order valence-corrected chi connectivity index (χ1v) is 29.2. The lowest BCUT2D eigenvalue weighted by Gasteiger charge is -2.42. The Morgan fingerprint density at radius 3 is 2.38 bits per heavy atom. The molecule has 0 radical (unpaired) electrons. The van der Waals surface area contributed by atoms with Crippen molar-refractivity contribution < 1.29 is 81.4 Å². The predicted molar refractivity (Wildman–Crippen MR) is 316 cm³/mol. The standard InChI is InChI=1S/C60H81ClFN9O16/c1-32(2)51(67-46(72)19-12-11-13-25-71-47(73)22-23-48(71)74)54(77)66-40(17-15-24-64-57(63)80)53(76)65-37-20-21-38(39(62)29-37)55(78)69(7)35(5)56(79)86-45-30-49(75)70(8)41-27-36(28-42(83-9)50(41)61)26-33(3)16-14-18-44(84-10)60(82)31-43(85-58(81)68-60)34(4)52-59(45,6)87-52/h14,16,18,20-23,27-29,32,34-35,40,43-45,47,51-52,73,82H,11-13,15,17,19,24-26,30-31H2,1-10H3,(H,65,76)(H,66,77)(H,67,72)(H,68,81)(H3,63,64,80)/b18-14+,33-16+/t34-,35+,40+,43+,44-,45+,47?,51+,52+,59+,60+/m1/s1. The van der Waals surface area contributed by atoms with E-state index in [9.17, 15) is 53.4 Å². The number of fused-ring (bicyclic) bond motifs is 5. The van der Waals surface area contributed by atoms with Gasteiger partial charge in [0.05, 0.1) is 30.9 Å². The van der Waals surface area contributed by atoms with Crippen LogP contribution in [-0.4, -0.2) is 175 Å². The molecule has 4 bridgehead atoms. The third-order valence-electron chi connectivity index (χ3n) is 16.1. The number of nitrogens with zero attached hydrogens (tertiary/aromatic N) is 3. The highest BCUT2D eigenvalue weighted by molar-refractivity contribution is 6.35. The number of amides is 9. The van der Waals surface area contributed by atoms with Crippen LogP contribution in [0.25, 0.3) is 0 Å². The van der Waals surface area contributed by atoms with Crippen molar-refractivity contribution in [1.29, 1.82) is 0 Å². The van der Waals surface area contributed by atoms with Crippen molar-refractivity contribution >= 4 is 76.5 Å². The summed E-state index contributed by atoms with van der Waals surface area (Å²) in [6, 6.07) is 2.02. The highest BCUT2D eigenvalue weighted by Gasteiger charge is 2.64. The molecule has 27 heteroatoms. The zero-order chi connectivity index (χ0) is 64.2. The summed E-state index contributed by atoms with van der Waals surface area (Å²) in [5, 5.41) is 34.8. The fourth-order valence-electron chi connectivity index (χ4n) is 10.7. The van der Waals surface area contributed by atoms with Gasteiger partial charge in [-0.3, -0.25) is 34.1 Å². The summed E-state index contributed by atoms with van der Waals surface area (Å²) in [6.45, 7) is 10.3. The molecule has 87 heavy (non-hydrogen) atoms. The molecule has 2 saturated heterocycles. The van der Waals surface area contributed by atoms with Gasteiger partial charge in [-0.1, -0.05) is 62.6 Å². The van der Waals surface area contributed by atoms with Crippen molar-refractivity contribution in [3.8, 4) is 5.75 Å². The fourth-order valence-corrected chi connectivity index (χ4v) is 11.0. The number of rotatable bonds is 22. The molecule has 2 aromatic rings. The van der Waals surface area contributed by atoms with E-state index < -0.39 is 137 Å². The Labute approximate surface area is 509 Å². The molecular formula is C60H81ClFN9O16. The number of halogens is 2. The number of hydrogen-bond donors (Lipinski definition) is 8. The third-order valence-corrected chi connectivity index (χ3v) is 16.5. The second-order valence-corrected chi connectivity index (χ2v) is 23.3. The van der Waals surface area contributed by atoms with Crippen molar-refractivity contribution in [2.45, 2.75) is 159 Å². The predicted octanol–water partition coefficient (Wildman–Crippen LogP) is 4.26. The largest absolute Gasteiger partial charge is 0.495 e. The molecular weight excluding hydrogens is 1160 g/mol. The van der Waals surface area contributed by atoms with Crippen LogP contribution in [0.15, 0.2) is 66.3 Å². The van der Waals surface area contributed by atoms with Crippen LogP contribution in [0.2, 0.25) is 5.02 Å². The fraction of sp³-hybridized carbons (Fsp3) is 0.550. The zero-order valence-electron chi connectivity index (χ0n) is 50.6. The Morgan fingerprint density at radius 1 is 1.01 bits per heavy atom. The van der Waals surface area contributed by atoms with Crippen molar-refractivity contribution in [3.63, 3.8) is 0 Å². The highest BCUT2D eigenvalue weighted by atomic mass is 35.5. The first-order valence-electron chi connectivity index (χ1n) is 28.8. The molecule has 4 aliphatic heterocycles. The molecule has 11 atom stereocenters. The molecule has 0 saturated carbocycles. The topological polar surface area (TPSA) is 339 Å². The maximum Gasteiger partial charge on any atom is 0.409 e. The van der Waals surface area contributed by atoms with Crippen LogP contribution in [0.3, 0.4) is 0 Å². The number of aliphatic hydroxyl groups is 2. The molecule has 25 nitrogen and oxygen atoms in total. The number of urea groups is 1. The summed E-state index contributed by atoms with van der Waals surface area (Å²) in [6.07, 6.45) is 3.00. The Hall–Kier alpha value is -7.65. The van der Waals surface area contributed by atoms with Crippen LogP contribution >= 0.6 is 11.6 Å². The highest BCUT2D eigenvalue weighted by Crippen LogP contribution is 2.49. The van der Waals surface area contributed by atoms with Gasteiger partial charge in [0.1, 0.15) is 64.9 Å². The number of carbonyl (C=O) groups excluding carboxylic acids is 9. The van der Waals surface area contributed by atoms with E-state index in [1.807, 2.05) is 6.92 Å². The molecule has 0 spiro atoms. The average molecular weight is 1240 g/mol. The number of methoxy groups -OCH3 is 2. The van der Waals surface area contributed by atoms with Crippen LogP contribution in [0, 0.1) is 17.7 Å². The van der Waals surface area contributed by atoms with E-state index in [1.165, 1.54) is 63.3 Å².